The Balaban J connectivity index is 1.46. The van der Waals surface area contributed by atoms with Gasteiger partial charge >= 0.3 is 6.18 Å². The number of carbonyl (C=O) groups is 2. The van der Waals surface area contributed by atoms with Gasteiger partial charge in [-0.2, -0.15) is 17.5 Å². The van der Waals surface area contributed by atoms with Crippen molar-refractivity contribution >= 4 is 39.4 Å². The number of anilines is 1. The number of benzene rings is 2. The van der Waals surface area contributed by atoms with Gasteiger partial charge in [-0.15, -0.1) is 0 Å². The molecule has 2 aromatic rings. The van der Waals surface area contributed by atoms with Crippen molar-refractivity contribution in [1.82, 2.24) is 9.62 Å². The number of aliphatic imine (C=N–C) groups is 1. The molecule has 2 heterocycles. The summed E-state index contributed by atoms with van der Waals surface area (Å²) < 4.78 is 66.3. The van der Waals surface area contributed by atoms with E-state index in [0.29, 0.717) is 11.3 Å². The topological polar surface area (TPSA) is 108 Å². The van der Waals surface area contributed by atoms with Crippen LogP contribution in [0.25, 0.3) is 6.08 Å². The number of piperidine rings is 1. The molecule has 0 aliphatic carbocycles. The first-order valence-corrected chi connectivity index (χ1v) is 12.9. The second-order valence-corrected chi connectivity index (χ2v) is 10.8. The molecular weight excluding hydrogens is 509 g/mol. The number of amides is 2. The first-order chi connectivity index (χ1) is 17.3. The highest BCUT2D eigenvalue weighted by molar-refractivity contribution is 7.92. The summed E-state index contributed by atoms with van der Waals surface area (Å²) >= 11 is 0. The van der Waals surface area contributed by atoms with Crippen LogP contribution in [0.1, 0.15) is 42.0 Å². The van der Waals surface area contributed by atoms with Crippen molar-refractivity contribution in [1.29, 1.82) is 0 Å². The largest absolute Gasteiger partial charge is 0.416 e. The summed E-state index contributed by atoms with van der Waals surface area (Å²) in [6.45, 7) is 3.24. The van der Waals surface area contributed by atoms with Crippen molar-refractivity contribution in [3.8, 4) is 0 Å². The van der Waals surface area contributed by atoms with E-state index < -0.39 is 33.2 Å². The lowest BCUT2D eigenvalue weighted by atomic mass is 9.89. The van der Waals surface area contributed by atoms with Gasteiger partial charge in [0.25, 0.3) is 5.91 Å². The van der Waals surface area contributed by atoms with Gasteiger partial charge in [0.1, 0.15) is 11.4 Å². The molecule has 1 spiro atoms. The van der Waals surface area contributed by atoms with Crippen LogP contribution in [0.4, 0.5) is 18.9 Å². The summed E-state index contributed by atoms with van der Waals surface area (Å²) in [4.78, 5) is 28.4. The SMILES string of the molecule is CC(=O)Nc1ccc(/C=C/S(=O)(=O)N2CCC3(CC2)N=C(c2cccc(C(F)(F)F)c2)NC3=O)c(C)c1. The van der Waals surface area contributed by atoms with E-state index in [9.17, 15) is 31.2 Å². The van der Waals surface area contributed by atoms with Gasteiger partial charge in [0.05, 0.1) is 5.56 Å². The number of amidine groups is 1. The van der Waals surface area contributed by atoms with Gasteiger partial charge in [-0.25, -0.2) is 8.42 Å². The maximum absolute atomic E-state index is 13.1. The Morgan fingerprint density at radius 3 is 2.49 bits per heavy atom. The Labute approximate surface area is 212 Å². The summed E-state index contributed by atoms with van der Waals surface area (Å²) in [7, 11) is -3.80. The highest BCUT2D eigenvalue weighted by Crippen LogP contribution is 2.34. The minimum atomic E-state index is -4.53. The van der Waals surface area contributed by atoms with E-state index in [1.165, 1.54) is 29.4 Å². The van der Waals surface area contributed by atoms with E-state index >= 15 is 0 Å². The number of sulfonamides is 1. The van der Waals surface area contributed by atoms with Gasteiger partial charge in [-0.1, -0.05) is 18.2 Å². The maximum Gasteiger partial charge on any atom is 0.416 e. The standard InChI is InChI=1S/C25H25F3N4O4S/c1-16-14-21(29-17(2)33)7-6-18(16)8-13-37(35,36)32-11-9-24(10-12-32)23(34)30-22(31-24)19-4-3-5-20(15-19)25(26,27)28/h3-8,13-15H,9-12H2,1-2H3,(H,29,33)(H,30,31,34)/b13-8+. The van der Waals surface area contributed by atoms with E-state index in [1.54, 1.807) is 25.1 Å². The quantitative estimate of drug-likeness (QED) is 0.610. The molecule has 2 aliphatic heterocycles. The average Bonchev–Trinajstić information content (AvgIpc) is 3.13. The average molecular weight is 535 g/mol. The molecule has 2 amide bonds. The van der Waals surface area contributed by atoms with Crippen LogP contribution >= 0.6 is 0 Å². The molecule has 12 heteroatoms. The molecule has 37 heavy (non-hydrogen) atoms. The summed E-state index contributed by atoms with van der Waals surface area (Å²) in [6, 6.07) is 9.64. The number of nitrogens with one attached hydrogen (secondary N) is 2. The first kappa shape index (κ1) is 26.6. The Hall–Kier alpha value is -3.51. The first-order valence-electron chi connectivity index (χ1n) is 11.4. The van der Waals surface area contributed by atoms with Crippen molar-refractivity contribution in [2.24, 2.45) is 4.99 Å². The molecule has 0 unspecified atom stereocenters. The van der Waals surface area contributed by atoms with E-state index in [0.717, 1.165) is 23.1 Å². The highest BCUT2D eigenvalue weighted by atomic mass is 32.2. The van der Waals surface area contributed by atoms with Crippen LogP contribution < -0.4 is 10.6 Å². The zero-order valence-corrected chi connectivity index (χ0v) is 20.9. The minimum absolute atomic E-state index is 0.0277. The van der Waals surface area contributed by atoms with Gasteiger partial charge in [0.2, 0.25) is 15.9 Å². The van der Waals surface area contributed by atoms with Crippen molar-refractivity contribution in [3.63, 3.8) is 0 Å². The van der Waals surface area contributed by atoms with Crippen molar-refractivity contribution in [2.75, 3.05) is 18.4 Å². The smallest absolute Gasteiger partial charge is 0.326 e. The normalized spacial score (nSPS) is 18.2. The van der Waals surface area contributed by atoms with E-state index in [4.69, 9.17) is 0 Å². The second-order valence-electron chi connectivity index (χ2n) is 9.02. The van der Waals surface area contributed by atoms with Gasteiger partial charge in [0, 0.05) is 36.7 Å². The van der Waals surface area contributed by atoms with Crippen molar-refractivity contribution < 1.29 is 31.2 Å². The molecule has 0 radical (unpaired) electrons. The molecule has 2 aromatic carbocycles. The zero-order chi connectivity index (χ0) is 27.0. The number of hydrogen-bond donors (Lipinski definition) is 2. The van der Waals surface area contributed by atoms with Gasteiger partial charge in [-0.3, -0.25) is 14.6 Å². The Bertz CT molecular complexity index is 1410. The number of nitrogens with zero attached hydrogens (tertiary/aromatic N) is 2. The zero-order valence-electron chi connectivity index (χ0n) is 20.1. The lowest BCUT2D eigenvalue weighted by molar-refractivity contribution is -0.137. The number of carbonyl (C=O) groups excluding carboxylic acids is 2. The monoisotopic (exact) mass is 534 g/mol. The van der Waals surface area contributed by atoms with Crippen molar-refractivity contribution in [2.45, 2.75) is 38.4 Å². The predicted octanol–water partition coefficient (Wildman–Crippen LogP) is 3.68. The van der Waals surface area contributed by atoms with Crippen LogP contribution in [0.5, 0.6) is 0 Å². The third kappa shape index (κ3) is 5.75. The Morgan fingerprint density at radius 2 is 1.86 bits per heavy atom. The summed E-state index contributed by atoms with van der Waals surface area (Å²) in [5, 5.41) is 6.33. The molecule has 0 saturated carbocycles. The van der Waals surface area contributed by atoms with E-state index in [-0.39, 0.29) is 43.2 Å². The molecular formula is C25H25F3N4O4S. The summed E-state index contributed by atoms with van der Waals surface area (Å²) in [6.07, 6.45) is -2.87. The second kappa shape index (κ2) is 9.75. The van der Waals surface area contributed by atoms with Gasteiger partial charge < -0.3 is 10.6 Å². The van der Waals surface area contributed by atoms with E-state index in [1.807, 2.05) is 0 Å². The van der Waals surface area contributed by atoms with Crippen LogP contribution in [0.3, 0.4) is 0 Å². The molecule has 1 fully saturated rings. The van der Waals surface area contributed by atoms with Crippen LogP contribution in [-0.4, -0.2) is 49.0 Å². The molecule has 0 aromatic heterocycles. The van der Waals surface area contributed by atoms with Crippen LogP contribution in [0.15, 0.2) is 52.9 Å². The number of halogens is 3. The maximum atomic E-state index is 13.1. The lowest BCUT2D eigenvalue weighted by Crippen LogP contribution is -2.50. The van der Waals surface area contributed by atoms with Crippen LogP contribution in [0.2, 0.25) is 0 Å². The van der Waals surface area contributed by atoms with Crippen LogP contribution in [0, 0.1) is 6.92 Å². The number of alkyl halides is 3. The Kier molecular flexibility index (Phi) is 6.99. The Morgan fingerprint density at radius 1 is 1.16 bits per heavy atom. The number of hydrogen-bond acceptors (Lipinski definition) is 5. The third-order valence-electron chi connectivity index (χ3n) is 6.36. The molecule has 0 bridgehead atoms. The number of rotatable bonds is 5. The predicted molar refractivity (Wildman–Crippen MR) is 133 cm³/mol. The fourth-order valence-electron chi connectivity index (χ4n) is 4.33. The molecule has 2 N–H and O–H groups in total. The molecule has 0 atom stereocenters. The molecule has 2 aliphatic rings. The summed E-state index contributed by atoms with van der Waals surface area (Å²) in [5.41, 5.74) is 0.0981. The van der Waals surface area contributed by atoms with Crippen LogP contribution in [-0.2, 0) is 25.8 Å². The fraction of sp³-hybridized carbons (Fsp3) is 0.320. The van der Waals surface area contributed by atoms with E-state index in [2.05, 4.69) is 15.6 Å². The molecule has 4 rings (SSSR count). The molecule has 8 nitrogen and oxygen atoms in total. The molecule has 196 valence electrons. The number of aryl methyl sites for hydroxylation is 1. The van der Waals surface area contributed by atoms with Gasteiger partial charge in [-0.05, 0) is 61.2 Å². The summed E-state index contributed by atoms with van der Waals surface area (Å²) in [5.74, 6) is -0.622. The van der Waals surface area contributed by atoms with Gasteiger partial charge in [0.15, 0.2) is 0 Å². The fourth-order valence-corrected chi connectivity index (χ4v) is 5.52. The third-order valence-corrected chi connectivity index (χ3v) is 7.93. The lowest BCUT2D eigenvalue weighted by Gasteiger charge is -2.34. The highest BCUT2D eigenvalue weighted by Gasteiger charge is 2.47. The van der Waals surface area contributed by atoms with Crippen molar-refractivity contribution in [3.05, 3.63) is 70.1 Å². The minimum Gasteiger partial charge on any atom is -0.326 e. The molecule has 1 saturated heterocycles.